The number of ether oxygens (including phenoxy) is 1. The number of methoxy groups -OCH3 is 1. The lowest BCUT2D eigenvalue weighted by Gasteiger charge is -2.12. The molecule has 0 saturated heterocycles. The molecule has 114 valence electrons. The lowest BCUT2D eigenvalue weighted by atomic mass is 10.3. The number of sulfonamides is 1. The Balaban J connectivity index is 2.47. The van der Waals surface area contributed by atoms with Crippen LogP contribution in [-0.4, -0.2) is 30.8 Å². The van der Waals surface area contributed by atoms with Gasteiger partial charge >= 0.3 is 0 Å². The highest BCUT2D eigenvalue weighted by atomic mass is 35.5. The van der Waals surface area contributed by atoms with Crippen molar-refractivity contribution in [2.75, 3.05) is 11.8 Å². The molecule has 0 aliphatic carbocycles. The molecule has 0 saturated carbocycles. The van der Waals surface area contributed by atoms with Gasteiger partial charge in [-0.25, -0.2) is 8.42 Å². The number of nitrogens with zero attached hydrogens (tertiary/aromatic N) is 1. The second-order valence-corrected chi connectivity index (χ2v) is 6.29. The molecule has 0 aliphatic rings. The smallest absolute Gasteiger partial charge is 0.265 e. The van der Waals surface area contributed by atoms with Crippen LogP contribution >= 0.6 is 11.6 Å². The van der Waals surface area contributed by atoms with Gasteiger partial charge in [-0.1, -0.05) is 11.6 Å². The number of aryl methyl sites for hydroxylation is 1. The number of halogens is 1. The van der Waals surface area contributed by atoms with Crippen molar-refractivity contribution in [1.82, 2.24) is 10.2 Å². The Morgan fingerprint density at radius 1 is 1.48 bits per heavy atom. The van der Waals surface area contributed by atoms with Crippen LogP contribution in [0, 0.1) is 6.92 Å². The van der Waals surface area contributed by atoms with E-state index in [9.17, 15) is 13.5 Å². The minimum atomic E-state index is -3.94. The molecule has 0 amide bonds. The van der Waals surface area contributed by atoms with Gasteiger partial charge in [0.15, 0.2) is 0 Å². The molecule has 0 fully saturated rings. The van der Waals surface area contributed by atoms with Gasteiger partial charge < -0.3 is 9.84 Å². The Labute approximate surface area is 127 Å². The third-order valence-corrected chi connectivity index (χ3v) is 4.59. The molecule has 2 rings (SSSR count). The molecule has 2 aromatic rings. The topological polar surface area (TPSA) is 104 Å². The summed E-state index contributed by atoms with van der Waals surface area (Å²) >= 11 is 5.87. The van der Waals surface area contributed by atoms with E-state index in [2.05, 4.69) is 14.9 Å². The zero-order valence-electron chi connectivity index (χ0n) is 11.3. The maximum Gasteiger partial charge on any atom is 0.265 e. The second kappa shape index (κ2) is 5.92. The number of anilines is 1. The van der Waals surface area contributed by atoms with E-state index in [0.29, 0.717) is 16.5 Å². The quantitative estimate of drug-likeness (QED) is 0.773. The van der Waals surface area contributed by atoms with E-state index in [0.717, 1.165) is 0 Å². The number of nitrogens with one attached hydrogen (secondary N) is 2. The maximum atomic E-state index is 12.5. The number of hydrogen-bond acceptors (Lipinski definition) is 5. The molecule has 0 aliphatic heterocycles. The highest BCUT2D eigenvalue weighted by Crippen LogP contribution is 2.30. The molecular formula is C12H14ClN3O4S. The number of H-pyrrole nitrogens is 1. The minimum absolute atomic E-state index is 0.0426. The number of hydrogen-bond donors (Lipinski definition) is 3. The summed E-state index contributed by atoms with van der Waals surface area (Å²) in [6, 6.07) is 4.57. The molecule has 0 spiro atoms. The molecule has 7 nitrogen and oxygen atoms in total. The summed E-state index contributed by atoms with van der Waals surface area (Å²) in [4.78, 5) is -0.0907. The largest absolute Gasteiger partial charge is 0.495 e. The number of aromatic nitrogens is 2. The van der Waals surface area contributed by atoms with E-state index >= 15 is 0 Å². The van der Waals surface area contributed by atoms with Gasteiger partial charge in [0.1, 0.15) is 16.3 Å². The average Bonchev–Trinajstić information content (AvgIpc) is 2.80. The van der Waals surface area contributed by atoms with Gasteiger partial charge in [0.05, 0.1) is 25.1 Å². The fraction of sp³-hybridized carbons (Fsp3) is 0.250. The molecule has 21 heavy (non-hydrogen) atoms. The number of aliphatic hydroxyl groups is 1. The summed E-state index contributed by atoms with van der Waals surface area (Å²) in [5, 5.41) is 15.8. The first kappa shape index (κ1) is 15.6. The van der Waals surface area contributed by atoms with Crippen molar-refractivity contribution in [2.24, 2.45) is 0 Å². The predicted octanol–water partition coefficient (Wildman–Crippen LogP) is 1.67. The molecule has 1 aromatic heterocycles. The Kier molecular flexibility index (Phi) is 4.40. The SMILES string of the molecule is COc1ccc(Cl)cc1NS(=O)(=O)c1c(CO)n[nH]c1C. The van der Waals surface area contributed by atoms with Gasteiger partial charge in [0, 0.05) is 5.02 Å². The van der Waals surface area contributed by atoms with E-state index in [-0.39, 0.29) is 16.3 Å². The van der Waals surface area contributed by atoms with Gasteiger partial charge in [-0.05, 0) is 25.1 Å². The van der Waals surface area contributed by atoms with Crippen molar-refractivity contribution >= 4 is 27.3 Å². The lowest BCUT2D eigenvalue weighted by Crippen LogP contribution is -2.16. The zero-order valence-corrected chi connectivity index (χ0v) is 12.9. The van der Waals surface area contributed by atoms with Crippen molar-refractivity contribution < 1.29 is 18.3 Å². The highest BCUT2D eigenvalue weighted by Gasteiger charge is 2.25. The average molecular weight is 332 g/mol. The highest BCUT2D eigenvalue weighted by molar-refractivity contribution is 7.92. The zero-order chi connectivity index (χ0) is 15.6. The number of aromatic amines is 1. The maximum absolute atomic E-state index is 12.5. The van der Waals surface area contributed by atoms with Crippen LogP contribution in [0.5, 0.6) is 5.75 Å². The Morgan fingerprint density at radius 2 is 2.19 bits per heavy atom. The summed E-state index contributed by atoms with van der Waals surface area (Å²) in [6.07, 6.45) is 0. The number of benzene rings is 1. The van der Waals surface area contributed by atoms with Crippen LogP contribution < -0.4 is 9.46 Å². The molecule has 0 unspecified atom stereocenters. The van der Waals surface area contributed by atoms with E-state index in [4.69, 9.17) is 16.3 Å². The van der Waals surface area contributed by atoms with Crippen LogP contribution in [0.1, 0.15) is 11.4 Å². The van der Waals surface area contributed by atoms with E-state index in [1.165, 1.54) is 13.2 Å². The molecule has 0 radical (unpaired) electrons. The first-order valence-electron chi connectivity index (χ1n) is 5.90. The van der Waals surface area contributed by atoms with Crippen LogP contribution in [0.25, 0.3) is 0 Å². The van der Waals surface area contributed by atoms with Crippen LogP contribution in [0.4, 0.5) is 5.69 Å². The van der Waals surface area contributed by atoms with Crippen molar-refractivity contribution in [1.29, 1.82) is 0 Å². The monoisotopic (exact) mass is 331 g/mol. The second-order valence-electron chi connectivity index (χ2n) is 4.23. The van der Waals surface area contributed by atoms with Crippen LogP contribution in [0.3, 0.4) is 0 Å². The van der Waals surface area contributed by atoms with E-state index in [1.807, 2.05) is 0 Å². The number of rotatable bonds is 5. The Bertz CT molecular complexity index is 758. The van der Waals surface area contributed by atoms with E-state index < -0.39 is 16.6 Å². The standard InChI is InChI=1S/C12H14ClN3O4S/c1-7-12(10(6-17)15-14-7)21(18,19)16-9-5-8(13)3-4-11(9)20-2/h3-5,16-17H,6H2,1-2H3,(H,14,15). The van der Waals surface area contributed by atoms with Gasteiger partial charge in [0.25, 0.3) is 10.0 Å². The normalized spacial score (nSPS) is 11.4. The molecule has 1 aromatic carbocycles. The summed E-state index contributed by atoms with van der Waals surface area (Å²) in [5.74, 6) is 0.328. The fourth-order valence-electron chi connectivity index (χ4n) is 1.89. The fourth-order valence-corrected chi connectivity index (χ4v) is 3.48. The predicted molar refractivity (Wildman–Crippen MR) is 78.1 cm³/mol. The Hall–Kier alpha value is -1.77. The van der Waals surface area contributed by atoms with Crippen molar-refractivity contribution in [3.05, 3.63) is 34.6 Å². The van der Waals surface area contributed by atoms with E-state index in [1.54, 1.807) is 19.1 Å². The molecule has 3 N–H and O–H groups in total. The van der Waals surface area contributed by atoms with Crippen LogP contribution in [-0.2, 0) is 16.6 Å². The molecule has 0 bridgehead atoms. The molecular weight excluding hydrogens is 318 g/mol. The third kappa shape index (κ3) is 3.12. The first-order valence-corrected chi connectivity index (χ1v) is 7.76. The van der Waals surface area contributed by atoms with Crippen LogP contribution in [0.15, 0.2) is 23.1 Å². The van der Waals surface area contributed by atoms with Gasteiger partial charge in [-0.15, -0.1) is 0 Å². The van der Waals surface area contributed by atoms with Gasteiger partial charge in [-0.3, -0.25) is 9.82 Å². The summed E-state index contributed by atoms with van der Waals surface area (Å²) < 4.78 is 32.4. The third-order valence-electron chi connectivity index (χ3n) is 2.79. The summed E-state index contributed by atoms with van der Waals surface area (Å²) in [6.45, 7) is 1.06. The molecule has 9 heteroatoms. The van der Waals surface area contributed by atoms with Crippen molar-refractivity contribution in [3.63, 3.8) is 0 Å². The van der Waals surface area contributed by atoms with Gasteiger partial charge in [-0.2, -0.15) is 5.10 Å². The first-order chi connectivity index (χ1) is 9.89. The Morgan fingerprint density at radius 3 is 2.81 bits per heavy atom. The lowest BCUT2D eigenvalue weighted by molar-refractivity contribution is 0.273. The summed E-state index contributed by atoms with van der Waals surface area (Å²) in [7, 11) is -2.52. The van der Waals surface area contributed by atoms with Gasteiger partial charge in [0.2, 0.25) is 0 Å². The number of aliphatic hydroxyl groups excluding tert-OH is 1. The molecule has 1 heterocycles. The summed E-state index contributed by atoms with van der Waals surface area (Å²) in [5.41, 5.74) is 0.572. The molecule has 0 atom stereocenters. The van der Waals surface area contributed by atoms with Crippen molar-refractivity contribution in [2.45, 2.75) is 18.4 Å². The van der Waals surface area contributed by atoms with Crippen LogP contribution in [0.2, 0.25) is 5.02 Å². The van der Waals surface area contributed by atoms with Crippen molar-refractivity contribution in [3.8, 4) is 5.75 Å². The minimum Gasteiger partial charge on any atom is -0.495 e.